The molecule has 2 nitrogen and oxygen atoms in total. The maximum absolute atomic E-state index is 8.72. The van der Waals surface area contributed by atoms with Crippen LogP contribution in [-0.4, -0.2) is 29.7 Å². The van der Waals surface area contributed by atoms with Gasteiger partial charge in [-0.1, -0.05) is 31.6 Å². The van der Waals surface area contributed by atoms with Crippen molar-refractivity contribution in [3.8, 4) is 11.8 Å². The number of aliphatic hydroxyl groups excluding tert-OH is 1. The van der Waals surface area contributed by atoms with Crippen molar-refractivity contribution in [2.45, 2.75) is 45.6 Å². The van der Waals surface area contributed by atoms with E-state index in [9.17, 15) is 0 Å². The van der Waals surface area contributed by atoms with Gasteiger partial charge in [0.2, 0.25) is 0 Å². The van der Waals surface area contributed by atoms with Gasteiger partial charge in [-0.15, -0.1) is 11.3 Å². The normalized spacial score (nSPS) is 20.2. The SMILES string of the molecule is CCCC1CCCN(Cc2cc(C#CCO)cs2)CC1. The van der Waals surface area contributed by atoms with Crippen LogP contribution in [0, 0.1) is 17.8 Å². The van der Waals surface area contributed by atoms with E-state index >= 15 is 0 Å². The molecule has 1 N–H and O–H groups in total. The van der Waals surface area contributed by atoms with Gasteiger partial charge < -0.3 is 5.11 Å². The standard InChI is InChI=1S/C17H25NOS/c1-2-5-15-6-3-9-18(10-8-15)13-17-12-16(14-20-17)7-4-11-19/h12,14-15,19H,2-3,5-6,8-11,13H2,1H3. The number of thiophene rings is 1. The van der Waals surface area contributed by atoms with Gasteiger partial charge in [0.05, 0.1) is 0 Å². The molecule has 1 aromatic rings. The van der Waals surface area contributed by atoms with Crippen molar-refractivity contribution in [2.75, 3.05) is 19.7 Å². The molecular weight excluding hydrogens is 266 g/mol. The van der Waals surface area contributed by atoms with Gasteiger partial charge in [-0.05, 0) is 44.3 Å². The minimum atomic E-state index is -0.0594. The average Bonchev–Trinajstić information content (AvgIpc) is 2.77. The van der Waals surface area contributed by atoms with Gasteiger partial charge in [-0.3, -0.25) is 4.90 Å². The van der Waals surface area contributed by atoms with E-state index in [2.05, 4.69) is 35.1 Å². The van der Waals surface area contributed by atoms with Gasteiger partial charge in [-0.25, -0.2) is 0 Å². The first kappa shape index (κ1) is 15.6. The van der Waals surface area contributed by atoms with E-state index in [1.54, 1.807) is 11.3 Å². The van der Waals surface area contributed by atoms with Gasteiger partial charge >= 0.3 is 0 Å². The Balaban J connectivity index is 1.85. The number of likely N-dealkylation sites (tertiary alicyclic amines) is 1. The lowest BCUT2D eigenvalue weighted by atomic mass is 9.96. The van der Waals surface area contributed by atoms with Crippen LogP contribution in [0.4, 0.5) is 0 Å². The van der Waals surface area contributed by atoms with Gasteiger partial charge in [0.1, 0.15) is 6.61 Å². The van der Waals surface area contributed by atoms with Crippen molar-refractivity contribution in [1.29, 1.82) is 0 Å². The van der Waals surface area contributed by atoms with Gasteiger partial charge in [0, 0.05) is 22.4 Å². The van der Waals surface area contributed by atoms with Crippen LogP contribution in [0.1, 0.15) is 49.5 Å². The van der Waals surface area contributed by atoms with E-state index in [4.69, 9.17) is 5.11 Å². The molecule has 1 unspecified atom stereocenters. The molecule has 0 bridgehead atoms. The summed E-state index contributed by atoms with van der Waals surface area (Å²) in [6, 6.07) is 2.17. The Bertz CT molecular complexity index is 457. The molecule has 0 spiro atoms. The van der Waals surface area contributed by atoms with E-state index in [1.165, 1.54) is 50.1 Å². The zero-order valence-corrected chi connectivity index (χ0v) is 13.2. The summed E-state index contributed by atoms with van der Waals surface area (Å²) in [5.74, 6) is 6.63. The fourth-order valence-corrected chi connectivity index (χ4v) is 3.83. The fraction of sp³-hybridized carbons (Fsp3) is 0.647. The molecule has 0 aliphatic carbocycles. The topological polar surface area (TPSA) is 23.5 Å². The smallest absolute Gasteiger partial charge is 0.104 e. The third kappa shape index (κ3) is 4.94. The molecule has 1 atom stereocenters. The van der Waals surface area contributed by atoms with Crippen LogP contribution in [0.15, 0.2) is 11.4 Å². The number of hydrogen-bond acceptors (Lipinski definition) is 3. The summed E-state index contributed by atoms with van der Waals surface area (Å²) in [6.45, 7) is 5.76. The summed E-state index contributed by atoms with van der Waals surface area (Å²) in [7, 11) is 0. The van der Waals surface area contributed by atoms with E-state index in [0.717, 1.165) is 18.0 Å². The molecule has 1 aliphatic heterocycles. The Labute approximate surface area is 126 Å². The van der Waals surface area contributed by atoms with Crippen molar-refractivity contribution in [3.63, 3.8) is 0 Å². The Hall–Kier alpha value is -0.820. The molecule has 110 valence electrons. The zero-order valence-electron chi connectivity index (χ0n) is 12.4. The summed E-state index contributed by atoms with van der Waals surface area (Å²) in [5, 5.41) is 10.8. The lowest BCUT2D eigenvalue weighted by Gasteiger charge is -2.19. The quantitative estimate of drug-likeness (QED) is 0.858. The van der Waals surface area contributed by atoms with E-state index < -0.39 is 0 Å². The predicted octanol–water partition coefficient (Wildman–Crippen LogP) is 3.49. The Kier molecular flexibility index (Phi) is 6.59. The molecule has 0 aromatic carbocycles. The lowest BCUT2D eigenvalue weighted by molar-refractivity contribution is 0.273. The van der Waals surface area contributed by atoms with Crippen molar-refractivity contribution >= 4 is 11.3 Å². The first-order valence-electron chi connectivity index (χ1n) is 7.71. The molecule has 1 aliphatic rings. The minimum absolute atomic E-state index is 0.0594. The molecule has 2 rings (SSSR count). The second-order valence-corrected chi connectivity index (χ2v) is 6.62. The van der Waals surface area contributed by atoms with Crippen LogP contribution >= 0.6 is 11.3 Å². The Morgan fingerprint density at radius 2 is 2.30 bits per heavy atom. The van der Waals surface area contributed by atoms with Gasteiger partial charge in [0.25, 0.3) is 0 Å². The van der Waals surface area contributed by atoms with E-state index in [-0.39, 0.29) is 6.61 Å². The number of hydrogen-bond donors (Lipinski definition) is 1. The first-order valence-corrected chi connectivity index (χ1v) is 8.59. The largest absolute Gasteiger partial charge is 0.384 e. The molecule has 1 aromatic heterocycles. The highest BCUT2D eigenvalue weighted by Crippen LogP contribution is 2.24. The summed E-state index contributed by atoms with van der Waals surface area (Å²) in [6.07, 6.45) is 6.82. The summed E-state index contributed by atoms with van der Waals surface area (Å²) in [5.41, 5.74) is 1.04. The molecule has 1 saturated heterocycles. The predicted molar refractivity (Wildman–Crippen MR) is 85.8 cm³/mol. The van der Waals surface area contributed by atoms with Crippen molar-refractivity contribution in [2.24, 2.45) is 5.92 Å². The van der Waals surface area contributed by atoms with Crippen LogP contribution in [0.2, 0.25) is 0 Å². The second-order valence-electron chi connectivity index (χ2n) is 5.62. The maximum Gasteiger partial charge on any atom is 0.104 e. The number of nitrogens with zero attached hydrogens (tertiary/aromatic N) is 1. The molecule has 1 fully saturated rings. The fourth-order valence-electron chi connectivity index (χ4n) is 2.97. The van der Waals surface area contributed by atoms with Crippen LogP contribution in [-0.2, 0) is 6.54 Å². The Morgan fingerprint density at radius 3 is 3.10 bits per heavy atom. The first-order chi connectivity index (χ1) is 9.81. The van der Waals surface area contributed by atoms with Gasteiger partial charge in [0.15, 0.2) is 0 Å². The van der Waals surface area contributed by atoms with Crippen molar-refractivity contribution in [3.05, 3.63) is 21.9 Å². The summed E-state index contributed by atoms with van der Waals surface area (Å²) in [4.78, 5) is 3.98. The highest BCUT2D eigenvalue weighted by Gasteiger charge is 2.16. The maximum atomic E-state index is 8.72. The number of aliphatic hydroxyl groups is 1. The zero-order chi connectivity index (χ0) is 14.2. The Morgan fingerprint density at radius 1 is 1.40 bits per heavy atom. The average molecular weight is 291 g/mol. The summed E-state index contributed by atoms with van der Waals surface area (Å²) < 4.78 is 0. The van der Waals surface area contributed by atoms with Crippen molar-refractivity contribution < 1.29 is 5.11 Å². The molecule has 0 radical (unpaired) electrons. The van der Waals surface area contributed by atoms with Gasteiger partial charge in [-0.2, -0.15) is 0 Å². The van der Waals surface area contributed by atoms with Crippen LogP contribution in [0.3, 0.4) is 0 Å². The third-order valence-electron chi connectivity index (χ3n) is 3.98. The highest BCUT2D eigenvalue weighted by molar-refractivity contribution is 7.10. The molecule has 0 saturated carbocycles. The van der Waals surface area contributed by atoms with Crippen LogP contribution in [0.25, 0.3) is 0 Å². The van der Waals surface area contributed by atoms with Crippen LogP contribution < -0.4 is 0 Å². The lowest BCUT2D eigenvalue weighted by Crippen LogP contribution is -2.23. The molecule has 3 heteroatoms. The van der Waals surface area contributed by atoms with E-state index in [1.807, 2.05) is 0 Å². The second kappa shape index (κ2) is 8.46. The van der Waals surface area contributed by atoms with E-state index in [0.29, 0.717) is 0 Å². The molecular formula is C17H25NOS. The monoisotopic (exact) mass is 291 g/mol. The number of rotatable bonds is 4. The molecule has 20 heavy (non-hydrogen) atoms. The third-order valence-corrected chi connectivity index (χ3v) is 4.90. The molecule has 2 heterocycles. The van der Waals surface area contributed by atoms with Crippen molar-refractivity contribution in [1.82, 2.24) is 4.90 Å². The highest BCUT2D eigenvalue weighted by atomic mass is 32.1. The minimum Gasteiger partial charge on any atom is -0.384 e. The molecule has 0 amide bonds. The van der Waals surface area contributed by atoms with Crippen LogP contribution in [0.5, 0.6) is 0 Å². The summed E-state index contributed by atoms with van der Waals surface area (Å²) >= 11 is 1.79.